The predicted octanol–water partition coefficient (Wildman–Crippen LogP) is 2.47. The van der Waals surface area contributed by atoms with Gasteiger partial charge in [0.05, 0.1) is 5.56 Å². The molecule has 0 radical (unpaired) electrons. The fourth-order valence-electron chi connectivity index (χ4n) is 2.58. The van der Waals surface area contributed by atoms with Crippen LogP contribution in [0, 0.1) is 0 Å². The van der Waals surface area contributed by atoms with Gasteiger partial charge in [0.15, 0.2) is 10.4 Å². The van der Waals surface area contributed by atoms with E-state index < -0.39 is 0 Å². The Morgan fingerprint density at radius 3 is 2.65 bits per heavy atom. The zero-order chi connectivity index (χ0) is 16.2. The van der Waals surface area contributed by atoms with Crippen molar-refractivity contribution in [2.45, 2.75) is 18.9 Å². The van der Waals surface area contributed by atoms with Gasteiger partial charge in [-0.05, 0) is 53.0 Å². The van der Waals surface area contributed by atoms with Gasteiger partial charge >= 0.3 is 0 Å². The van der Waals surface area contributed by atoms with E-state index in [9.17, 15) is 9.59 Å². The molecule has 0 bridgehead atoms. The molecule has 0 unspecified atom stereocenters. The molecule has 7 heteroatoms. The monoisotopic (exact) mass is 377 g/mol. The third kappa shape index (κ3) is 3.79. The number of aromatic nitrogens is 1. The summed E-state index contributed by atoms with van der Waals surface area (Å²) in [4.78, 5) is 30.1. The highest BCUT2D eigenvalue weighted by Crippen LogP contribution is 2.18. The second-order valence-electron chi connectivity index (χ2n) is 5.39. The van der Waals surface area contributed by atoms with E-state index in [1.807, 2.05) is 0 Å². The number of pyridine rings is 1. The first-order valence-corrected chi connectivity index (χ1v) is 8.18. The number of carbonyl (C=O) groups is 2. The number of piperidine rings is 1. The molecule has 3 rings (SSSR count). The molecule has 6 nitrogen and oxygen atoms in total. The van der Waals surface area contributed by atoms with Crippen molar-refractivity contribution in [1.82, 2.24) is 15.2 Å². The SMILES string of the molecule is O=C(NC1CCN(C(=O)c2ccc(Br)o2)CC1)c1cccnc1. The predicted molar refractivity (Wildman–Crippen MR) is 87.0 cm³/mol. The van der Waals surface area contributed by atoms with Crippen molar-refractivity contribution < 1.29 is 14.0 Å². The molecule has 0 saturated carbocycles. The van der Waals surface area contributed by atoms with Crippen molar-refractivity contribution in [1.29, 1.82) is 0 Å². The summed E-state index contributed by atoms with van der Waals surface area (Å²) in [5.74, 6) is 0.0836. The molecule has 0 spiro atoms. The number of furan rings is 1. The van der Waals surface area contributed by atoms with Crippen molar-refractivity contribution in [3.63, 3.8) is 0 Å². The summed E-state index contributed by atoms with van der Waals surface area (Å²) in [5, 5.41) is 2.99. The number of hydrogen-bond acceptors (Lipinski definition) is 4. The molecular formula is C16H16BrN3O3. The van der Waals surface area contributed by atoms with Gasteiger partial charge in [-0.2, -0.15) is 0 Å². The van der Waals surface area contributed by atoms with Crippen LogP contribution in [0.15, 0.2) is 45.7 Å². The van der Waals surface area contributed by atoms with Gasteiger partial charge in [0.25, 0.3) is 11.8 Å². The third-order valence-electron chi connectivity index (χ3n) is 3.83. The molecule has 1 aliphatic heterocycles. The fourth-order valence-corrected chi connectivity index (χ4v) is 2.88. The molecule has 0 atom stereocenters. The molecule has 1 N–H and O–H groups in total. The molecule has 0 aliphatic carbocycles. The standard InChI is InChI=1S/C16H16BrN3O3/c17-14-4-3-13(23-14)16(22)20-8-5-12(6-9-20)19-15(21)11-2-1-7-18-10-11/h1-4,7,10,12H,5-6,8-9H2,(H,19,21). The van der Waals surface area contributed by atoms with E-state index in [-0.39, 0.29) is 17.9 Å². The lowest BCUT2D eigenvalue weighted by atomic mass is 10.0. The lowest BCUT2D eigenvalue weighted by Gasteiger charge is -2.31. The van der Waals surface area contributed by atoms with Crippen LogP contribution in [0.1, 0.15) is 33.8 Å². The Kier molecular flexibility index (Phi) is 4.76. The molecule has 2 amide bonds. The van der Waals surface area contributed by atoms with Gasteiger partial charge in [0.2, 0.25) is 0 Å². The van der Waals surface area contributed by atoms with Crippen LogP contribution in [0.2, 0.25) is 0 Å². The first kappa shape index (κ1) is 15.7. The van der Waals surface area contributed by atoms with Crippen LogP contribution in [0.5, 0.6) is 0 Å². The maximum absolute atomic E-state index is 12.3. The van der Waals surface area contributed by atoms with Gasteiger partial charge < -0.3 is 14.6 Å². The highest BCUT2D eigenvalue weighted by Gasteiger charge is 2.26. The van der Waals surface area contributed by atoms with Gasteiger partial charge in [-0.3, -0.25) is 14.6 Å². The zero-order valence-electron chi connectivity index (χ0n) is 12.4. The van der Waals surface area contributed by atoms with Crippen LogP contribution in [0.3, 0.4) is 0 Å². The topological polar surface area (TPSA) is 75.4 Å². The fraction of sp³-hybridized carbons (Fsp3) is 0.312. The van der Waals surface area contributed by atoms with Gasteiger partial charge in [0, 0.05) is 31.5 Å². The van der Waals surface area contributed by atoms with Crippen LogP contribution in [-0.2, 0) is 0 Å². The molecule has 120 valence electrons. The van der Waals surface area contributed by atoms with Crippen molar-refractivity contribution in [3.8, 4) is 0 Å². The van der Waals surface area contributed by atoms with Crippen LogP contribution < -0.4 is 5.32 Å². The Hall–Kier alpha value is -2.15. The molecular weight excluding hydrogens is 362 g/mol. The molecule has 1 aliphatic rings. The molecule has 3 heterocycles. The minimum atomic E-state index is -0.127. The van der Waals surface area contributed by atoms with Gasteiger partial charge in [0.1, 0.15) is 0 Å². The van der Waals surface area contributed by atoms with E-state index in [1.165, 1.54) is 0 Å². The van der Waals surface area contributed by atoms with Crippen LogP contribution in [-0.4, -0.2) is 40.8 Å². The van der Waals surface area contributed by atoms with Crippen molar-refractivity contribution in [2.24, 2.45) is 0 Å². The average molecular weight is 378 g/mol. The lowest BCUT2D eigenvalue weighted by Crippen LogP contribution is -2.46. The Bertz CT molecular complexity index is 694. The summed E-state index contributed by atoms with van der Waals surface area (Å²) in [6, 6.07) is 6.89. The van der Waals surface area contributed by atoms with Crippen LogP contribution >= 0.6 is 15.9 Å². The van der Waals surface area contributed by atoms with E-state index in [0.717, 1.165) is 12.8 Å². The number of likely N-dealkylation sites (tertiary alicyclic amines) is 1. The Morgan fingerprint density at radius 1 is 1.26 bits per heavy atom. The zero-order valence-corrected chi connectivity index (χ0v) is 14.0. The quantitative estimate of drug-likeness (QED) is 0.891. The van der Waals surface area contributed by atoms with Gasteiger partial charge in [-0.1, -0.05) is 0 Å². The molecule has 0 aromatic carbocycles. The highest BCUT2D eigenvalue weighted by atomic mass is 79.9. The number of amides is 2. The Balaban J connectivity index is 1.52. The molecule has 2 aromatic rings. The summed E-state index contributed by atoms with van der Waals surface area (Å²) in [6.45, 7) is 1.18. The summed E-state index contributed by atoms with van der Waals surface area (Å²) in [7, 11) is 0. The second-order valence-corrected chi connectivity index (χ2v) is 6.17. The van der Waals surface area contributed by atoms with E-state index in [1.54, 1.807) is 41.6 Å². The van der Waals surface area contributed by atoms with E-state index >= 15 is 0 Å². The van der Waals surface area contributed by atoms with Crippen LogP contribution in [0.25, 0.3) is 0 Å². The van der Waals surface area contributed by atoms with Crippen LogP contribution in [0.4, 0.5) is 0 Å². The molecule has 2 aromatic heterocycles. The first-order chi connectivity index (χ1) is 11.1. The molecule has 1 saturated heterocycles. The van der Waals surface area contributed by atoms with E-state index in [2.05, 4.69) is 26.2 Å². The number of nitrogens with zero attached hydrogens (tertiary/aromatic N) is 2. The Morgan fingerprint density at radius 2 is 2.04 bits per heavy atom. The molecule has 23 heavy (non-hydrogen) atoms. The van der Waals surface area contributed by atoms with E-state index in [0.29, 0.717) is 29.1 Å². The minimum absolute atomic E-state index is 0.0649. The minimum Gasteiger partial charge on any atom is -0.444 e. The smallest absolute Gasteiger partial charge is 0.289 e. The van der Waals surface area contributed by atoms with Gasteiger partial charge in [-0.25, -0.2) is 0 Å². The first-order valence-electron chi connectivity index (χ1n) is 7.39. The van der Waals surface area contributed by atoms with Crippen molar-refractivity contribution in [2.75, 3.05) is 13.1 Å². The van der Waals surface area contributed by atoms with Gasteiger partial charge in [-0.15, -0.1) is 0 Å². The summed E-state index contributed by atoms with van der Waals surface area (Å²) in [5.41, 5.74) is 0.548. The number of hydrogen-bond donors (Lipinski definition) is 1. The van der Waals surface area contributed by atoms with E-state index in [4.69, 9.17) is 4.42 Å². The third-order valence-corrected chi connectivity index (χ3v) is 4.25. The number of carbonyl (C=O) groups excluding carboxylic acids is 2. The summed E-state index contributed by atoms with van der Waals surface area (Å²) >= 11 is 3.19. The number of rotatable bonds is 3. The maximum Gasteiger partial charge on any atom is 0.289 e. The number of nitrogens with one attached hydrogen (secondary N) is 1. The molecule has 1 fully saturated rings. The maximum atomic E-state index is 12.3. The number of halogens is 1. The Labute approximate surface area is 142 Å². The summed E-state index contributed by atoms with van der Waals surface area (Å²) in [6.07, 6.45) is 4.62. The lowest BCUT2D eigenvalue weighted by molar-refractivity contribution is 0.0666. The van der Waals surface area contributed by atoms with Crippen molar-refractivity contribution >= 4 is 27.7 Å². The summed E-state index contributed by atoms with van der Waals surface area (Å²) < 4.78 is 5.84. The second kappa shape index (κ2) is 6.95. The average Bonchev–Trinajstić information content (AvgIpc) is 3.02. The highest BCUT2D eigenvalue weighted by molar-refractivity contribution is 9.10. The largest absolute Gasteiger partial charge is 0.444 e. The normalized spacial score (nSPS) is 15.4. The van der Waals surface area contributed by atoms with Crippen molar-refractivity contribution in [3.05, 3.63) is 52.7 Å².